The number of nitrogens with two attached hydrogens (primary N) is 2. The third-order valence-electron chi connectivity index (χ3n) is 11.1. The van der Waals surface area contributed by atoms with Crippen molar-refractivity contribution >= 4 is 76.9 Å². The van der Waals surface area contributed by atoms with Crippen LogP contribution in [0.1, 0.15) is 89.0 Å². The van der Waals surface area contributed by atoms with E-state index in [-0.39, 0.29) is 102 Å². The van der Waals surface area contributed by atoms with Gasteiger partial charge in [0.15, 0.2) is 0 Å². The van der Waals surface area contributed by atoms with Crippen molar-refractivity contribution in [2.24, 2.45) is 5.73 Å². The zero-order valence-electron chi connectivity index (χ0n) is 51.6. The molecule has 1 heterocycles. The first-order chi connectivity index (χ1) is 42.2. The van der Waals surface area contributed by atoms with Gasteiger partial charge in [0.2, 0.25) is 5.91 Å². The van der Waals surface area contributed by atoms with Gasteiger partial charge in [0, 0.05) is 108 Å². The van der Waals surface area contributed by atoms with E-state index >= 15 is 0 Å². The van der Waals surface area contributed by atoms with Crippen LogP contribution in [0.4, 0.5) is 38.2 Å². The molecule has 494 valence electrons. The quantitative estimate of drug-likeness (QED) is 0.0179. The number of carboxylic acids is 1. The number of carbonyl (C=O) groups excluding carboxylic acids is 5. The van der Waals surface area contributed by atoms with Crippen molar-refractivity contribution in [2.75, 3.05) is 38.5 Å². The van der Waals surface area contributed by atoms with Gasteiger partial charge in [0.1, 0.15) is 18.7 Å². The maximum Gasteiger partial charge on any atom is 1.00 e. The smallest absolute Gasteiger partial charge is 0.870 e. The van der Waals surface area contributed by atoms with Crippen molar-refractivity contribution < 1.29 is 93.3 Å². The van der Waals surface area contributed by atoms with E-state index < -0.39 is 67.2 Å². The Morgan fingerprint density at radius 2 is 0.967 bits per heavy atom. The van der Waals surface area contributed by atoms with Crippen LogP contribution in [0.25, 0.3) is 0 Å². The van der Waals surface area contributed by atoms with Gasteiger partial charge in [-0.05, 0) is 73.7 Å². The number of amides is 5. The number of aromatic nitrogens is 2. The van der Waals surface area contributed by atoms with E-state index in [0.29, 0.717) is 64.8 Å². The van der Waals surface area contributed by atoms with Gasteiger partial charge in [-0.15, -0.1) is 12.4 Å². The summed E-state index contributed by atoms with van der Waals surface area (Å²) in [5, 5.41) is 73.8. The average Bonchev–Trinajstić information content (AvgIpc) is 0.954. The number of halogens is 1. The molecule has 4 aromatic carbocycles. The molecule has 0 saturated heterocycles. The SMILES string of the molecule is CC(=O)OC(C)=O.CCCN(C(=O)CC#N)C(=O)NCCc1ccc([N+](=O)[O-])cc1.CCCNC(=O)NCCc1ccc([N+](=O)[O-])cc1.CCCn1c(=O)cc(N)n(CCc2ccc([N+](=O)[O-])cc2)c1=O.Cl.N#CCC(=O)O.NCCc1ccc([N+](=O)[O-])cc1.[Na+].[OH-]. The van der Waals surface area contributed by atoms with E-state index in [1.807, 2.05) is 20.8 Å². The minimum atomic E-state index is -1.07. The van der Waals surface area contributed by atoms with Gasteiger partial charge in [-0.25, -0.2) is 14.4 Å². The molecule has 35 heteroatoms. The van der Waals surface area contributed by atoms with Gasteiger partial charge >= 0.3 is 65.2 Å². The number of aryl methyl sites for hydroxylation is 1. The van der Waals surface area contributed by atoms with E-state index in [4.69, 9.17) is 27.1 Å². The van der Waals surface area contributed by atoms with Crippen molar-refractivity contribution in [3.8, 4) is 12.1 Å². The Labute approximate surface area is 556 Å². The summed E-state index contributed by atoms with van der Waals surface area (Å²) < 4.78 is 6.48. The number of nitrogens with zero attached hydrogens (tertiary/aromatic N) is 9. The average molecular weight is 1320 g/mol. The van der Waals surface area contributed by atoms with Crippen molar-refractivity contribution in [1.82, 2.24) is 30.0 Å². The van der Waals surface area contributed by atoms with Crippen LogP contribution in [-0.4, -0.2) is 113 Å². The first-order valence-electron chi connectivity index (χ1n) is 27.2. The zero-order chi connectivity index (χ0) is 67.4. The Bertz CT molecular complexity index is 3330. The molecule has 33 nitrogen and oxygen atoms in total. The summed E-state index contributed by atoms with van der Waals surface area (Å²) in [4.78, 5) is 129. The number of non-ortho nitro benzene ring substituents is 4. The topological polar surface area (TPSA) is 517 Å². The second kappa shape index (κ2) is 50.8. The van der Waals surface area contributed by atoms with Crippen molar-refractivity contribution in [3.05, 3.63) is 187 Å². The molecule has 0 spiro atoms. The van der Waals surface area contributed by atoms with Crippen LogP contribution in [-0.2, 0) is 62.7 Å². The van der Waals surface area contributed by atoms with Crippen molar-refractivity contribution in [2.45, 2.75) is 105 Å². The standard InChI is InChI=1S/2C15H18N4O4.C12H17N3O3.C8H10N2O2.C4H6O3.C3H3NO2.ClH.Na.H2O/c1-2-8-18-14(20)10-13(16)17(15(18)21)9-7-11-3-5-12(6-4-11)19(22)23;1-2-11-18(14(20)7-9-16)15(21)17-10-8-12-3-5-13(6-4-12)19(22)23;1-2-8-13-12(16)14-9-7-10-3-5-11(6-4-10)15(17)18;9-6-5-7-1-3-8(4-2-7)10(11)12;1-3(5)7-4(2)6;4-2-1-3(5)6;;;/h3-6,10H,2,7-9,16H2,1H3;3-6H,2,7-8,10-11H2,1H3,(H,17,21);3-6H,2,7-9H2,1H3,(H2,13,14,16);1-4H,5-6,9H2;1-2H3;1H2,(H,5,6);1H;;1H2/q;;;;;;;+1;/p-1. The molecule has 0 radical (unpaired) electrons. The number of nitrogen functional groups attached to an aromatic ring is 1. The second-order valence-corrected chi connectivity index (χ2v) is 18.1. The molecule has 92 heavy (non-hydrogen) atoms. The number of esters is 2. The van der Waals surface area contributed by atoms with Gasteiger partial charge in [-0.1, -0.05) is 69.3 Å². The molecule has 5 aromatic rings. The van der Waals surface area contributed by atoms with Gasteiger partial charge in [0.05, 0.1) is 31.8 Å². The molecule has 0 saturated carbocycles. The first kappa shape index (κ1) is 88.4. The van der Waals surface area contributed by atoms with Gasteiger partial charge in [-0.3, -0.25) is 78.5 Å². The molecule has 0 unspecified atom stereocenters. The number of nitrogens with one attached hydrogen (secondary N) is 3. The number of anilines is 1. The summed E-state index contributed by atoms with van der Waals surface area (Å²) in [6.45, 7) is 11.0. The molecule has 5 amide bonds. The number of benzene rings is 4. The number of aliphatic carboxylic acids is 1. The molecule has 0 atom stereocenters. The summed E-state index contributed by atoms with van der Waals surface area (Å²) >= 11 is 0. The predicted molar refractivity (Wildman–Crippen MR) is 333 cm³/mol. The molecule has 1 aromatic heterocycles. The number of imide groups is 1. The number of nitro benzene ring substituents is 4. The number of nitro groups is 4. The number of hydrogen-bond acceptors (Lipinski definition) is 22. The van der Waals surface area contributed by atoms with Gasteiger partial charge in [-0.2, -0.15) is 10.5 Å². The largest absolute Gasteiger partial charge is 1.00 e. The van der Waals surface area contributed by atoms with E-state index in [9.17, 15) is 78.8 Å². The van der Waals surface area contributed by atoms with E-state index in [0.717, 1.165) is 44.6 Å². The Hall–Kier alpha value is -10.0. The van der Waals surface area contributed by atoms with Crippen LogP contribution in [0.15, 0.2) is 113 Å². The maximum atomic E-state index is 12.3. The molecule has 5 rings (SSSR count). The van der Waals surface area contributed by atoms with Crippen LogP contribution in [0.5, 0.6) is 0 Å². The Balaban J connectivity index is -0.000000529. The minimum Gasteiger partial charge on any atom is -0.870 e. The molecular formula is C57H74ClN14NaO19. The second-order valence-electron chi connectivity index (χ2n) is 18.1. The van der Waals surface area contributed by atoms with Gasteiger partial charge in [0.25, 0.3) is 28.3 Å². The van der Waals surface area contributed by atoms with Crippen LogP contribution < -0.4 is 68.2 Å². The third-order valence-corrected chi connectivity index (χ3v) is 11.1. The van der Waals surface area contributed by atoms with E-state index in [1.54, 1.807) is 54.6 Å². The summed E-state index contributed by atoms with van der Waals surface area (Å²) in [6.07, 6.45) is 3.80. The van der Waals surface area contributed by atoms with Gasteiger partial charge < -0.3 is 42.7 Å². The number of carbonyl (C=O) groups is 6. The molecular weight excluding hydrogens is 1240 g/mol. The van der Waals surface area contributed by atoms with Crippen molar-refractivity contribution in [1.29, 1.82) is 10.5 Å². The zero-order valence-corrected chi connectivity index (χ0v) is 54.4. The normalized spacial score (nSPS) is 9.30. The summed E-state index contributed by atoms with van der Waals surface area (Å²) in [5.74, 6) is -2.60. The molecule has 9 N–H and O–H groups in total. The number of urea groups is 2. The predicted octanol–water partition coefficient (Wildman–Crippen LogP) is 3.42. The number of hydrogen-bond donors (Lipinski definition) is 6. The summed E-state index contributed by atoms with van der Waals surface area (Å²) in [5.41, 5.74) is 14.2. The molecule has 0 aliphatic carbocycles. The monoisotopic (exact) mass is 1320 g/mol. The van der Waals surface area contributed by atoms with Crippen molar-refractivity contribution in [3.63, 3.8) is 0 Å². The van der Waals surface area contributed by atoms with E-state index in [1.165, 1.54) is 79.1 Å². The summed E-state index contributed by atoms with van der Waals surface area (Å²) in [7, 11) is 0. The van der Waals surface area contributed by atoms with Crippen LogP contribution >= 0.6 is 12.4 Å². The fourth-order valence-corrected chi connectivity index (χ4v) is 6.86. The molecule has 0 aliphatic rings. The number of nitriles is 2. The van der Waals surface area contributed by atoms with E-state index in [2.05, 4.69) is 20.7 Å². The minimum absolute atomic E-state index is 0. The Morgan fingerprint density at radius 1 is 0.587 bits per heavy atom. The molecule has 0 bridgehead atoms. The fourth-order valence-electron chi connectivity index (χ4n) is 6.86. The first-order valence-corrected chi connectivity index (χ1v) is 27.2. The summed E-state index contributed by atoms with van der Waals surface area (Å²) in [6, 6.07) is 28.6. The number of rotatable bonds is 23. The maximum absolute atomic E-state index is 12.3. The molecule has 0 fully saturated rings. The fraction of sp³-hybridized carbons (Fsp3) is 0.368. The van der Waals surface area contributed by atoms with Crippen LogP contribution in [0.2, 0.25) is 0 Å². The number of ether oxygens (including phenoxy) is 1. The Morgan fingerprint density at radius 3 is 1.28 bits per heavy atom. The third kappa shape index (κ3) is 38.4. The Kier molecular flexibility index (Phi) is 48.8. The molecule has 0 aliphatic heterocycles. The van der Waals surface area contributed by atoms with Crippen LogP contribution in [0.3, 0.4) is 0 Å². The van der Waals surface area contributed by atoms with Crippen LogP contribution in [0, 0.1) is 63.1 Å². The number of carboxylic acid groups (broad SMARTS) is 1.